The minimum absolute atomic E-state index is 0.561. The summed E-state index contributed by atoms with van der Waals surface area (Å²) in [4.78, 5) is 8.73. The molecule has 0 aliphatic heterocycles. The maximum absolute atomic E-state index is 5.46. The predicted octanol–water partition coefficient (Wildman–Crippen LogP) is 3.65. The van der Waals surface area contributed by atoms with E-state index in [-0.39, 0.29) is 0 Å². The third-order valence-corrected chi connectivity index (χ3v) is 3.56. The van der Waals surface area contributed by atoms with Crippen LogP contribution < -0.4 is 0 Å². The van der Waals surface area contributed by atoms with E-state index in [1.54, 1.807) is 12.4 Å². The SMILES string of the molecule is c1ccc(-c2cc(Cn3ccnc3-c3ccccn3)on2)cc1. The van der Waals surface area contributed by atoms with Crippen molar-refractivity contribution in [3.8, 4) is 22.8 Å². The quantitative estimate of drug-likeness (QED) is 0.577. The summed E-state index contributed by atoms with van der Waals surface area (Å²) in [5.74, 6) is 1.59. The predicted molar refractivity (Wildman–Crippen MR) is 86.5 cm³/mol. The lowest BCUT2D eigenvalue weighted by molar-refractivity contribution is 0.378. The van der Waals surface area contributed by atoms with Crippen molar-refractivity contribution in [2.45, 2.75) is 6.54 Å². The van der Waals surface area contributed by atoms with Crippen molar-refractivity contribution in [1.29, 1.82) is 0 Å². The third kappa shape index (κ3) is 2.76. The van der Waals surface area contributed by atoms with Crippen molar-refractivity contribution in [3.05, 3.63) is 78.9 Å². The highest BCUT2D eigenvalue weighted by Gasteiger charge is 2.11. The molecule has 0 amide bonds. The van der Waals surface area contributed by atoms with E-state index in [0.29, 0.717) is 6.54 Å². The molecule has 0 saturated heterocycles. The second-order valence-electron chi connectivity index (χ2n) is 5.14. The van der Waals surface area contributed by atoms with Gasteiger partial charge in [0.1, 0.15) is 11.4 Å². The molecule has 4 rings (SSSR count). The summed E-state index contributed by atoms with van der Waals surface area (Å²) >= 11 is 0. The molecule has 0 N–H and O–H groups in total. The van der Waals surface area contributed by atoms with Gasteiger partial charge in [0.2, 0.25) is 0 Å². The van der Waals surface area contributed by atoms with E-state index >= 15 is 0 Å². The molecule has 0 radical (unpaired) electrons. The van der Waals surface area contributed by atoms with E-state index in [4.69, 9.17) is 4.52 Å². The van der Waals surface area contributed by atoms with E-state index in [2.05, 4.69) is 15.1 Å². The number of imidazole rings is 1. The highest BCUT2D eigenvalue weighted by atomic mass is 16.5. The second kappa shape index (κ2) is 5.88. The third-order valence-electron chi connectivity index (χ3n) is 3.56. The number of aromatic nitrogens is 4. The molecule has 23 heavy (non-hydrogen) atoms. The molecule has 0 spiro atoms. The highest BCUT2D eigenvalue weighted by molar-refractivity contribution is 5.58. The minimum atomic E-state index is 0.561. The zero-order valence-corrected chi connectivity index (χ0v) is 12.3. The number of hydrogen-bond acceptors (Lipinski definition) is 4. The molecule has 112 valence electrons. The van der Waals surface area contributed by atoms with Crippen LogP contribution in [0.3, 0.4) is 0 Å². The van der Waals surface area contributed by atoms with Gasteiger partial charge in [0.15, 0.2) is 11.6 Å². The van der Waals surface area contributed by atoms with Crippen LogP contribution in [-0.2, 0) is 6.54 Å². The van der Waals surface area contributed by atoms with Crippen LogP contribution in [-0.4, -0.2) is 19.7 Å². The molecule has 0 bridgehead atoms. The maximum Gasteiger partial charge on any atom is 0.159 e. The number of nitrogens with zero attached hydrogens (tertiary/aromatic N) is 4. The fourth-order valence-electron chi connectivity index (χ4n) is 2.47. The number of pyridine rings is 1. The average molecular weight is 302 g/mol. The smallest absolute Gasteiger partial charge is 0.159 e. The van der Waals surface area contributed by atoms with E-state index in [1.807, 2.05) is 65.4 Å². The lowest BCUT2D eigenvalue weighted by atomic mass is 10.1. The lowest BCUT2D eigenvalue weighted by Gasteiger charge is -2.04. The standard InChI is InChI=1S/C18H14N4O/c1-2-6-14(7-3-1)17-12-15(23-21-17)13-22-11-10-20-18(22)16-8-4-5-9-19-16/h1-12H,13H2. The van der Waals surface area contributed by atoms with Crippen LogP contribution in [0, 0.1) is 0 Å². The second-order valence-corrected chi connectivity index (χ2v) is 5.14. The molecule has 0 saturated carbocycles. The Balaban J connectivity index is 1.61. The Kier molecular flexibility index (Phi) is 3.44. The first-order valence-electron chi connectivity index (χ1n) is 7.34. The molecule has 5 heteroatoms. The van der Waals surface area contributed by atoms with Crippen LogP contribution in [0.15, 0.2) is 77.7 Å². The van der Waals surface area contributed by atoms with Crippen LogP contribution in [0.2, 0.25) is 0 Å². The molecule has 3 aromatic heterocycles. The van der Waals surface area contributed by atoms with Crippen molar-refractivity contribution in [2.24, 2.45) is 0 Å². The molecule has 0 unspecified atom stereocenters. The van der Waals surface area contributed by atoms with Gasteiger partial charge >= 0.3 is 0 Å². The van der Waals surface area contributed by atoms with Gasteiger partial charge in [-0.05, 0) is 12.1 Å². The van der Waals surface area contributed by atoms with Gasteiger partial charge in [-0.15, -0.1) is 0 Å². The Morgan fingerprint density at radius 3 is 2.57 bits per heavy atom. The van der Waals surface area contributed by atoms with Gasteiger partial charge in [-0.2, -0.15) is 0 Å². The molecule has 5 nitrogen and oxygen atoms in total. The van der Waals surface area contributed by atoms with E-state index in [1.165, 1.54) is 0 Å². The summed E-state index contributed by atoms with van der Waals surface area (Å²) in [6.07, 6.45) is 5.43. The van der Waals surface area contributed by atoms with Gasteiger partial charge in [0.05, 0.1) is 6.54 Å². The first-order valence-corrected chi connectivity index (χ1v) is 7.34. The molecule has 0 atom stereocenters. The van der Waals surface area contributed by atoms with E-state index < -0.39 is 0 Å². The van der Waals surface area contributed by atoms with Crippen LogP contribution >= 0.6 is 0 Å². The van der Waals surface area contributed by atoms with Crippen LogP contribution in [0.25, 0.3) is 22.8 Å². The minimum Gasteiger partial charge on any atom is -0.359 e. The topological polar surface area (TPSA) is 56.7 Å². The molecule has 3 heterocycles. The van der Waals surface area contributed by atoms with Crippen molar-refractivity contribution in [2.75, 3.05) is 0 Å². The highest BCUT2D eigenvalue weighted by Crippen LogP contribution is 2.21. The van der Waals surface area contributed by atoms with E-state index in [0.717, 1.165) is 28.5 Å². The molecule has 4 aromatic rings. The number of hydrogen-bond donors (Lipinski definition) is 0. The van der Waals surface area contributed by atoms with Gasteiger partial charge in [0, 0.05) is 30.2 Å². The Bertz CT molecular complexity index is 897. The van der Waals surface area contributed by atoms with Crippen molar-refractivity contribution in [1.82, 2.24) is 19.7 Å². The van der Waals surface area contributed by atoms with Gasteiger partial charge in [-0.25, -0.2) is 4.98 Å². The Hall–Kier alpha value is -3.21. The van der Waals surface area contributed by atoms with Crippen molar-refractivity contribution >= 4 is 0 Å². The zero-order chi connectivity index (χ0) is 15.5. The zero-order valence-electron chi connectivity index (χ0n) is 12.3. The largest absolute Gasteiger partial charge is 0.359 e. The number of rotatable bonds is 4. The molecule has 0 aliphatic carbocycles. The first-order chi connectivity index (χ1) is 11.4. The summed E-state index contributed by atoms with van der Waals surface area (Å²) in [5, 5.41) is 4.15. The summed E-state index contributed by atoms with van der Waals surface area (Å²) in [6.45, 7) is 0.561. The van der Waals surface area contributed by atoms with Crippen LogP contribution in [0.1, 0.15) is 5.76 Å². The maximum atomic E-state index is 5.46. The van der Waals surface area contributed by atoms with Crippen LogP contribution in [0.4, 0.5) is 0 Å². The summed E-state index contributed by atoms with van der Waals surface area (Å²) in [6, 6.07) is 17.7. The summed E-state index contributed by atoms with van der Waals surface area (Å²) < 4.78 is 7.46. The Labute approximate surface area is 133 Å². The van der Waals surface area contributed by atoms with Crippen LogP contribution in [0.5, 0.6) is 0 Å². The van der Waals surface area contributed by atoms with Gasteiger partial charge in [0.25, 0.3) is 0 Å². The van der Waals surface area contributed by atoms with Crippen molar-refractivity contribution < 1.29 is 4.52 Å². The Morgan fingerprint density at radius 2 is 1.74 bits per heavy atom. The van der Waals surface area contributed by atoms with E-state index in [9.17, 15) is 0 Å². The van der Waals surface area contributed by atoms with Gasteiger partial charge in [-0.3, -0.25) is 4.98 Å². The summed E-state index contributed by atoms with van der Waals surface area (Å²) in [5.41, 5.74) is 2.71. The Morgan fingerprint density at radius 1 is 0.870 bits per heavy atom. The summed E-state index contributed by atoms with van der Waals surface area (Å²) in [7, 11) is 0. The van der Waals surface area contributed by atoms with Gasteiger partial charge in [-0.1, -0.05) is 41.6 Å². The molecule has 1 aromatic carbocycles. The molecule has 0 aliphatic rings. The normalized spacial score (nSPS) is 10.8. The average Bonchev–Trinajstić information content (AvgIpc) is 3.26. The molecular weight excluding hydrogens is 288 g/mol. The molecule has 0 fully saturated rings. The monoisotopic (exact) mass is 302 g/mol. The van der Waals surface area contributed by atoms with Crippen molar-refractivity contribution in [3.63, 3.8) is 0 Å². The number of benzene rings is 1. The lowest BCUT2D eigenvalue weighted by Crippen LogP contribution is -2.01. The molecular formula is C18H14N4O. The fraction of sp³-hybridized carbons (Fsp3) is 0.0556. The fourth-order valence-corrected chi connectivity index (χ4v) is 2.47. The first kappa shape index (κ1) is 13.5. The van der Waals surface area contributed by atoms with Gasteiger partial charge < -0.3 is 9.09 Å².